The van der Waals surface area contributed by atoms with Crippen LogP contribution in [-0.4, -0.2) is 0 Å². The Morgan fingerprint density at radius 1 is 0.378 bits per heavy atom. The van der Waals surface area contributed by atoms with E-state index in [9.17, 15) is 0 Å². The molecule has 0 amide bonds. The molecule has 0 saturated carbocycles. The monoisotopic (exact) mass is 589 g/mol. The number of para-hydroxylation sites is 2. The standard InChI is InChI=1S/C43H27NS/c1-2-13-28(14-3-1)29-25-26-31-30-15-4-6-17-33(30)43(36(31)27-29)34-18-7-5-16-32(34)42-35(43)19-12-22-39(42)44-37-20-8-10-23-40(37)45-41-24-11-9-21-38(41)44/h1-27H. The second-order valence-corrected chi connectivity index (χ2v) is 13.1. The van der Waals surface area contributed by atoms with Gasteiger partial charge in [-0.15, -0.1) is 0 Å². The number of rotatable bonds is 2. The third kappa shape index (κ3) is 3.30. The fourth-order valence-corrected chi connectivity index (χ4v) is 9.19. The molecular formula is C43H27NS. The van der Waals surface area contributed by atoms with Crippen LogP contribution < -0.4 is 4.90 Å². The normalized spacial score (nSPS) is 16.4. The number of hydrogen-bond acceptors (Lipinski definition) is 2. The molecule has 1 unspecified atom stereocenters. The Balaban J connectivity index is 1.32. The van der Waals surface area contributed by atoms with Gasteiger partial charge in [0.25, 0.3) is 0 Å². The molecule has 0 N–H and O–H groups in total. The van der Waals surface area contributed by atoms with E-state index in [1.54, 1.807) is 0 Å². The summed E-state index contributed by atoms with van der Waals surface area (Å²) in [5.41, 5.74) is 16.5. The van der Waals surface area contributed by atoms with Gasteiger partial charge in [-0.2, -0.15) is 0 Å². The lowest BCUT2D eigenvalue weighted by molar-refractivity contribution is 0.794. The van der Waals surface area contributed by atoms with E-state index in [4.69, 9.17) is 0 Å². The van der Waals surface area contributed by atoms with Crippen LogP contribution >= 0.6 is 11.8 Å². The molecular weight excluding hydrogens is 563 g/mol. The first-order valence-electron chi connectivity index (χ1n) is 15.5. The summed E-state index contributed by atoms with van der Waals surface area (Å²) in [5, 5.41) is 0. The topological polar surface area (TPSA) is 3.24 Å². The Morgan fingerprint density at radius 2 is 0.933 bits per heavy atom. The molecule has 1 aliphatic heterocycles. The van der Waals surface area contributed by atoms with Gasteiger partial charge in [0.05, 0.1) is 22.5 Å². The molecule has 1 nitrogen and oxygen atoms in total. The molecule has 0 radical (unpaired) electrons. The molecule has 1 heterocycles. The van der Waals surface area contributed by atoms with Crippen molar-refractivity contribution in [2.75, 3.05) is 4.90 Å². The van der Waals surface area contributed by atoms with Crippen molar-refractivity contribution in [1.82, 2.24) is 0 Å². The number of anilines is 3. The molecule has 0 saturated heterocycles. The van der Waals surface area contributed by atoms with E-state index in [1.807, 2.05) is 11.8 Å². The van der Waals surface area contributed by atoms with Crippen molar-refractivity contribution in [3.8, 4) is 33.4 Å². The molecule has 45 heavy (non-hydrogen) atoms. The molecule has 2 aliphatic carbocycles. The maximum Gasteiger partial charge on any atom is 0.0726 e. The van der Waals surface area contributed by atoms with Gasteiger partial charge in [-0.25, -0.2) is 0 Å². The van der Waals surface area contributed by atoms with Gasteiger partial charge in [0, 0.05) is 15.4 Å². The summed E-state index contributed by atoms with van der Waals surface area (Å²) in [7, 11) is 0. The van der Waals surface area contributed by atoms with Crippen LogP contribution in [0.3, 0.4) is 0 Å². The first kappa shape index (κ1) is 25.1. The second kappa shape index (κ2) is 9.34. The summed E-state index contributed by atoms with van der Waals surface area (Å²) in [6.07, 6.45) is 0. The van der Waals surface area contributed by atoms with Crippen LogP contribution in [0.2, 0.25) is 0 Å². The van der Waals surface area contributed by atoms with E-state index in [2.05, 4.69) is 169 Å². The third-order valence-electron chi connectivity index (χ3n) is 9.87. The van der Waals surface area contributed by atoms with Crippen LogP contribution in [0.1, 0.15) is 22.3 Å². The van der Waals surface area contributed by atoms with Crippen molar-refractivity contribution in [2.45, 2.75) is 15.2 Å². The minimum absolute atomic E-state index is 0.414. The van der Waals surface area contributed by atoms with E-state index < -0.39 is 5.41 Å². The highest BCUT2D eigenvalue weighted by molar-refractivity contribution is 7.99. The summed E-state index contributed by atoms with van der Waals surface area (Å²) >= 11 is 1.86. The number of benzene rings is 7. The van der Waals surface area contributed by atoms with Crippen LogP contribution in [0.5, 0.6) is 0 Å². The van der Waals surface area contributed by atoms with E-state index in [0.717, 1.165) is 0 Å². The molecule has 10 rings (SSSR count). The maximum atomic E-state index is 2.50. The fourth-order valence-electron chi connectivity index (χ4n) is 8.13. The van der Waals surface area contributed by atoms with Crippen LogP contribution in [0.4, 0.5) is 17.1 Å². The first-order chi connectivity index (χ1) is 22.3. The number of fused-ring (bicyclic) bond motifs is 12. The molecule has 210 valence electrons. The Morgan fingerprint density at radius 3 is 1.69 bits per heavy atom. The second-order valence-electron chi connectivity index (χ2n) is 12.0. The van der Waals surface area contributed by atoms with E-state index in [1.165, 1.54) is 82.5 Å². The average Bonchev–Trinajstić information content (AvgIpc) is 3.58. The van der Waals surface area contributed by atoms with Gasteiger partial charge in [-0.3, -0.25) is 0 Å². The summed E-state index contributed by atoms with van der Waals surface area (Å²) in [6.45, 7) is 0. The minimum atomic E-state index is -0.414. The smallest absolute Gasteiger partial charge is 0.0726 e. The van der Waals surface area contributed by atoms with Crippen LogP contribution in [0, 0.1) is 0 Å². The largest absolute Gasteiger partial charge is 0.308 e. The lowest BCUT2D eigenvalue weighted by Crippen LogP contribution is -2.26. The molecule has 3 aliphatic rings. The lowest BCUT2D eigenvalue weighted by Gasteiger charge is -2.35. The maximum absolute atomic E-state index is 2.50. The van der Waals surface area contributed by atoms with Crippen molar-refractivity contribution in [1.29, 1.82) is 0 Å². The predicted octanol–water partition coefficient (Wildman–Crippen LogP) is 11.6. The Bertz CT molecular complexity index is 2270. The third-order valence-corrected chi connectivity index (χ3v) is 11.0. The Kier molecular flexibility index (Phi) is 5.20. The van der Waals surface area contributed by atoms with Gasteiger partial charge in [0.15, 0.2) is 0 Å². The highest BCUT2D eigenvalue weighted by Gasteiger charge is 2.52. The Hall–Kier alpha value is -5.31. The van der Waals surface area contributed by atoms with E-state index in [-0.39, 0.29) is 0 Å². The molecule has 0 aromatic heterocycles. The lowest BCUT2D eigenvalue weighted by atomic mass is 9.70. The minimum Gasteiger partial charge on any atom is -0.308 e. The summed E-state index contributed by atoms with van der Waals surface area (Å²) < 4.78 is 0. The van der Waals surface area contributed by atoms with Crippen LogP contribution in [0.25, 0.3) is 33.4 Å². The molecule has 1 spiro atoms. The zero-order valence-corrected chi connectivity index (χ0v) is 25.3. The highest BCUT2D eigenvalue weighted by Crippen LogP contribution is 2.65. The zero-order chi connectivity index (χ0) is 29.5. The van der Waals surface area contributed by atoms with Gasteiger partial charge in [0.2, 0.25) is 0 Å². The van der Waals surface area contributed by atoms with Gasteiger partial charge in [0.1, 0.15) is 0 Å². The SMILES string of the molecule is c1ccc(-c2ccc3c(c2)C2(c4ccccc4-3)c3ccccc3-c3c(N4c5ccccc5Sc5ccccc54)cccc32)cc1. The molecule has 0 bridgehead atoms. The van der Waals surface area contributed by atoms with Crippen LogP contribution in [0.15, 0.2) is 174 Å². The molecule has 0 fully saturated rings. The average molecular weight is 590 g/mol. The van der Waals surface area contributed by atoms with Crippen molar-refractivity contribution >= 4 is 28.8 Å². The van der Waals surface area contributed by atoms with Gasteiger partial charge in [-0.05, 0) is 86.5 Å². The zero-order valence-electron chi connectivity index (χ0n) is 24.4. The van der Waals surface area contributed by atoms with E-state index >= 15 is 0 Å². The number of hydrogen-bond donors (Lipinski definition) is 0. The van der Waals surface area contributed by atoms with Gasteiger partial charge >= 0.3 is 0 Å². The molecule has 2 heteroatoms. The van der Waals surface area contributed by atoms with Gasteiger partial charge in [-0.1, -0.05) is 139 Å². The first-order valence-corrected chi connectivity index (χ1v) is 16.3. The summed E-state index contributed by atoms with van der Waals surface area (Å²) in [5.74, 6) is 0. The molecule has 1 atom stereocenters. The predicted molar refractivity (Wildman–Crippen MR) is 187 cm³/mol. The van der Waals surface area contributed by atoms with Crippen LogP contribution in [-0.2, 0) is 5.41 Å². The molecule has 7 aromatic rings. The molecule has 7 aromatic carbocycles. The van der Waals surface area contributed by atoms with Gasteiger partial charge < -0.3 is 4.90 Å². The number of nitrogens with zero attached hydrogens (tertiary/aromatic N) is 1. The summed E-state index contributed by atoms with van der Waals surface area (Å²) in [4.78, 5) is 5.05. The fraction of sp³-hybridized carbons (Fsp3) is 0.0233. The summed E-state index contributed by atoms with van der Waals surface area (Å²) in [6, 6.07) is 60.7. The van der Waals surface area contributed by atoms with Crippen molar-refractivity contribution in [2.24, 2.45) is 0 Å². The van der Waals surface area contributed by atoms with Crippen molar-refractivity contribution in [3.05, 3.63) is 186 Å². The Labute approximate surface area is 267 Å². The van der Waals surface area contributed by atoms with Crippen molar-refractivity contribution in [3.63, 3.8) is 0 Å². The van der Waals surface area contributed by atoms with Crippen molar-refractivity contribution < 1.29 is 0 Å². The van der Waals surface area contributed by atoms with E-state index in [0.29, 0.717) is 0 Å². The quantitative estimate of drug-likeness (QED) is 0.197. The highest BCUT2D eigenvalue weighted by atomic mass is 32.2.